The van der Waals surface area contributed by atoms with Gasteiger partial charge < -0.3 is 15.7 Å². The Kier molecular flexibility index (Phi) is 5.14. The minimum atomic E-state index is -0.281. The highest BCUT2D eigenvalue weighted by molar-refractivity contribution is 5.73. The number of urea groups is 1. The first kappa shape index (κ1) is 14.1. The summed E-state index contributed by atoms with van der Waals surface area (Å²) in [5, 5.41) is 18.0. The zero-order valence-corrected chi connectivity index (χ0v) is 11.1. The maximum Gasteiger partial charge on any atom is 0.315 e. The fourth-order valence-corrected chi connectivity index (χ4v) is 1.83. The van der Waals surface area contributed by atoms with Gasteiger partial charge in [-0.25, -0.2) is 4.79 Å². The largest absolute Gasteiger partial charge is 0.395 e. The first-order valence-corrected chi connectivity index (χ1v) is 6.46. The smallest absolute Gasteiger partial charge is 0.315 e. The molecule has 6 heteroatoms. The van der Waals surface area contributed by atoms with Gasteiger partial charge in [-0.1, -0.05) is 24.3 Å². The maximum atomic E-state index is 11.4. The van der Waals surface area contributed by atoms with Gasteiger partial charge in [0.1, 0.15) is 0 Å². The summed E-state index contributed by atoms with van der Waals surface area (Å²) in [5.74, 6) is 0. The van der Waals surface area contributed by atoms with E-state index in [1.807, 2.05) is 41.2 Å². The Morgan fingerprint density at radius 1 is 1.25 bits per heavy atom. The molecule has 2 aromatic rings. The van der Waals surface area contributed by atoms with E-state index in [2.05, 4.69) is 15.7 Å². The van der Waals surface area contributed by atoms with Crippen LogP contribution in [0.1, 0.15) is 11.1 Å². The lowest BCUT2D eigenvalue weighted by Crippen LogP contribution is -2.36. The van der Waals surface area contributed by atoms with Crippen molar-refractivity contribution >= 4 is 6.03 Å². The quantitative estimate of drug-likeness (QED) is 0.726. The van der Waals surface area contributed by atoms with Gasteiger partial charge in [0, 0.05) is 25.5 Å². The number of hydrogen-bond acceptors (Lipinski definition) is 3. The van der Waals surface area contributed by atoms with Gasteiger partial charge in [-0.05, 0) is 17.2 Å². The maximum absolute atomic E-state index is 11.4. The molecule has 0 fully saturated rings. The third kappa shape index (κ3) is 4.40. The Bertz CT molecular complexity index is 540. The number of hydrogen-bond donors (Lipinski definition) is 3. The Morgan fingerprint density at radius 3 is 2.85 bits per heavy atom. The predicted octanol–water partition coefficient (Wildman–Crippen LogP) is 0.723. The van der Waals surface area contributed by atoms with Gasteiger partial charge in [0.25, 0.3) is 0 Å². The number of amides is 2. The molecular weight excluding hydrogens is 256 g/mol. The summed E-state index contributed by atoms with van der Waals surface area (Å²) in [6.45, 7) is 1.35. The highest BCUT2D eigenvalue weighted by atomic mass is 16.3. The molecule has 0 atom stereocenters. The van der Waals surface area contributed by atoms with Crippen LogP contribution in [-0.4, -0.2) is 34.1 Å². The second-order valence-electron chi connectivity index (χ2n) is 4.36. The van der Waals surface area contributed by atoms with Crippen LogP contribution >= 0.6 is 0 Å². The zero-order valence-electron chi connectivity index (χ0n) is 11.1. The van der Waals surface area contributed by atoms with E-state index in [1.165, 1.54) is 0 Å². The van der Waals surface area contributed by atoms with Gasteiger partial charge in [0.15, 0.2) is 0 Å². The van der Waals surface area contributed by atoms with Crippen molar-refractivity contribution < 1.29 is 9.90 Å². The minimum Gasteiger partial charge on any atom is -0.395 e. The molecule has 0 aliphatic rings. The van der Waals surface area contributed by atoms with Crippen LogP contribution in [0.15, 0.2) is 42.7 Å². The number of aromatic nitrogens is 2. The van der Waals surface area contributed by atoms with Gasteiger partial charge in [0.2, 0.25) is 0 Å². The molecule has 1 aromatic heterocycles. The molecule has 0 saturated carbocycles. The number of nitrogens with zero attached hydrogens (tertiary/aromatic N) is 2. The second-order valence-corrected chi connectivity index (χ2v) is 4.36. The van der Waals surface area contributed by atoms with Crippen molar-refractivity contribution in [2.24, 2.45) is 0 Å². The average Bonchev–Trinajstić information content (AvgIpc) is 2.96. The van der Waals surface area contributed by atoms with E-state index >= 15 is 0 Å². The number of aliphatic hydroxyl groups is 1. The molecule has 20 heavy (non-hydrogen) atoms. The molecule has 0 saturated heterocycles. The monoisotopic (exact) mass is 274 g/mol. The highest BCUT2D eigenvalue weighted by Gasteiger charge is 2.01. The van der Waals surface area contributed by atoms with Crippen molar-refractivity contribution in [3.05, 3.63) is 53.9 Å². The van der Waals surface area contributed by atoms with Crippen LogP contribution in [-0.2, 0) is 13.1 Å². The van der Waals surface area contributed by atoms with E-state index in [0.717, 1.165) is 11.1 Å². The molecule has 1 aromatic carbocycles. The number of aliphatic hydroxyl groups excluding tert-OH is 1. The normalized spacial score (nSPS) is 10.2. The van der Waals surface area contributed by atoms with E-state index < -0.39 is 0 Å². The second kappa shape index (κ2) is 7.30. The summed E-state index contributed by atoms with van der Waals surface area (Å²) in [6, 6.07) is 9.58. The van der Waals surface area contributed by atoms with Gasteiger partial charge >= 0.3 is 6.03 Å². The van der Waals surface area contributed by atoms with Crippen molar-refractivity contribution in [2.75, 3.05) is 13.2 Å². The molecule has 0 spiro atoms. The third-order valence-electron chi connectivity index (χ3n) is 2.75. The van der Waals surface area contributed by atoms with Crippen LogP contribution in [0.2, 0.25) is 0 Å². The topological polar surface area (TPSA) is 79.2 Å². The van der Waals surface area contributed by atoms with E-state index in [1.54, 1.807) is 6.20 Å². The predicted molar refractivity (Wildman–Crippen MR) is 75.1 cm³/mol. The number of rotatable bonds is 6. The fourth-order valence-electron chi connectivity index (χ4n) is 1.83. The van der Waals surface area contributed by atoms with E-state index in [9.17, 15) is 4.79 Å². The van der Waals surface area contributed by atoms with Crippen molar-refractivity contribution in [1.29, 1.82) is 0 Å². The number of carbonyl (C=O) groups is 1. The van der Waals surface area contributed by atoms with Gasteiger partial charge in [-0.2, -0.15) is 5.10 Å². The molecule has 106 valence electrons. The standard InChI is InChI=1S/C14H18N4O2/c19-8-6-15-14(20)16-10-12-3-1-4-13(9-12)11-18-7-2-5-17-18/h1-5,7,9,19H,6,8,10-11H2,(H2,15,16,20). The van der Waals surface area contributed by atoms with E-state index in [0.29, 0.717) is 13.1 Å². The first-order valence-electron chi connectivity index (χ1n) is 6.46. The lowest BCUT2D eigenvalue weighted by molar-refractivity contribution is 0.234. The number of benzene rings is 1. The molecule has 0 unspecified atom stereocenters. The van der Waals surface area contributed by atoms with Crippen LogP contribution in [0.4, 0.5) is 4.79 Å². The Morgan fingerprint density at radius 2 is 2.10 bits per heavy atom. The zero-order chi connectivity index (χ0) is 14.2. The van der Waals surface area contributed by atoms with E-state index in [4.69, 9.17) is 5.11 Å². The molecule has 0 radical (unpaired) electrons. The van der Waals surface area contributed by atoms with Crippen LogP contribution in [0.3, 0.4) is 0 Å². The van der Waals surface area contributed by atoms with Crippen LogP contribution in [0.5, 0.6) is 0 Å². The molecule has 0 aliphatic carbocycles. The molecule has 2 amide bonds. The summed E-state index contributed by atoms with van der Waals surface area (Å²) in [7, 11) is 0. The Hall–Kier alpha value is -2.34. The molecule has 0 aliphatic heterocycles. The summed E-state index contributed by atoms with van der Waals surface area (Å²) in [4.78, 5) is 11.4. The van der Waals surface area contributed by atoms with Crippen molar-refractivity contribution in [2.45, 2.75) is 13.1 Å². The highest BCUT2D eigenvalue weighted by Crippen LogP contribution is 2.06. The fraction of sp³-hybridized carbons (Fsp3) is 0.286. The average molecular weight is 274 g/mol. The lowest BCUT2D eigenvalue weighted by atomic mass is 10.1. The minimum absolute atomic E-state index is 0.0627. The van der Waals surface area contributed by atoms with Crippen molar-refractivity contribution in [3.63, 3.8) is 0 Å². The Balaban J connectivity index is 1.87. The SMILES string of the molecule is O=C(NCCO)NCc1cccc(Cn2cccn2)c1. The first-order chi connectivity index (χ1) is 9.78. The number of carbonyl (C=O) groups excluding carboxylic acids is 1. The Labute approximate surface area is 117 Å². The summed E-state index contributed by atoms with van der Waals surface area (Å²) in [6.07, 6.45) is 3.66. The van der Waals surface area contributed by atoms with Crippen LogP contribution < -0.4 is 10.6 Å². The lowest BCUT2D eigenvalue weighted by Gasteiger charge is -2.08. The molecule has 2 rings (SSSR count). The van der Waals surface area contributed by atoms with Gasteiger partial charge in [-0.3, -0.25) is 4.68 Å². The molecule has 6 nitrogen and oxygen atoms in total. The summed E-state index contributed by atoms with van der Waals surface area (Å²) in [5.41, 5.74) is 2.15. The molecular formula is C14H18N4O2. The summed E-state index contributed by atoms with van der Waals surface area (Å²) >= 11 is 0. The van der Waals surface area contributed by atoms with Crippen LogP contribution in [0.25, 0.3) is 0 Å². The van der Waals surface area contributed by atoms with Gasteiger partial charge in [0.05, 0.1) is 13.2 Å². The molecule has 1 heterocycles. The van der Waals surface area contributed by atoms with Crippen LogP contribution in [0, 0.1) is 0 Å². The molecule has 3 N–H and O–H groups in total. The van der Waals surface area contributed by atoms with Crippen molar-refractivity contribution in [1.82, 2.24) is 20.4 Å². The molecule has 0 bridgehead atoms. The summed E-state index contributed by atoms with van der Waals surface area (Å²) < 4.78 is 1.85. The number of nitrogens with one attached hydrogen (secondary N) is 2. The van der Waals surface area contributed by atoms with Crippen molar-refractivity contribution in [3.8, 4) is 0 Å². The van der Waals surface area contributed by atoms with Gasteiger partial charge in [-0.15, -0.1) is 0 Å². The third-order valence-corrected chi connectivity index (χ3v) is 2.75. The van der Waals surface area contributed by atoms with E-state index in [-0.39, 0.29) is 19.2 Å².